The van der Waals surface area contributed by atoms with E-state index in [-0.39, 0.29) is 10.7 Å². The molecule has 29 heavy (non-hydrogen) atoms. The van der Waals surface area contributed by atoms with Crippen molar-refractivity contribution in [2.75, 3.05) is 0 Å². The van der Waals surface area contributed by atoms with E-state index in [4.69, 9.17) is 0 Å². The fourth-order valence-electron chi connectivity index (χ4n) is 3.28. The fourth-order valence-corrected chi connectivity index (χ4v) is 4.98. The van der Waals surface area contributed by atoms with Crippen LogP contribution in [0.5, 0.6) is 0 Å². The molecular formula is C22H18BrFN2O2S. The Labute approximate surface area is 177 Å². The quantitative estimate of drug-likeness (QED) is 0.507. The van der Waals surface area contributed by atoms with Gasteiger partial charge in [0.25, 0.3) is 10.0 Å². The maximum Gasteiger partial charge on any atom is 0.279 e. The van der Waals surface area contributed by atoms with E-state index < -0.39 is 16.1 Å². The van der Waals surface area contributed by atoms with Gasteiger partial charge < -0.3 is 0 Å². The Kier molecular flexibility index (Phi) is 5.27. The summed E-state index contributed by atoms with van der Waals surface area (Å²) in [5.74, 6) is -0.367. The third-order valence-corrected chi connectivity index (χ3v) is 7.10. The molecule has 4 rings (SSSR count). The van der Waals surface area contributed by atoms with Crippen LogP contribution in [0.4, 0.5) is 4.39 Å². The van der Waals surface area contributed by atoms with Gasteiger partial charge in [-0.2, -0.15) is 17.9 Å². The molecule has 148 valence electrons. The van der Waals surface area contributed by atoms with Gasteiger partial charge in [-0.3, -0.25) is 0 Å². The summed E-state index contributed by atoms with van der Waals surface area (Å²) in [6.45, 7) is 1.90. The van der Waals surface area contributed by atoms with Crippen LogP contribution in [0, 0.1) is 12.7 Å². The van der Waals surface area contributed by atoms with Crippen molar-refractivity contribution in [2.45, 2.75) is 24.3 Å². The molecule has 0 radical (unpaired) electrons. The van der Waals surface area contributed by atoms with Crippen LogP contribution in [-0.2, 0) is 10.0 Å². The van der Waals surface area contributed by atoms with Gasteiger partial charge in [0.15, 0.2) is 0 Å². The van der Waals surface area contributed by atoms with Gasteiger partial charge in [0.05, 0.1) is 16.6 Å². The van der Waals surface area contributed by atoms with Crippen molar-refractivity contribution in [1.82, 2.24) is 4.41 Å². The second kappa shape index (κ2) is 7.72. The summed E-state index contributed by atoms with van der Waals surface area (Å²) in [7, 11) is -3.87. The third kappa shape index (κ3) is 3.97. The summed E-state index contributed by atoms with van der Waals surface area (Å²) in [5, 5.41) is 4.49. The topological polar surface area (TPSA) is 49.7 Å². The molecule has 0 aromatic heterocycles. The van der Waals surface area contributed by atoms with Gasteiger partial charge in [-0.1, -0.05) is 57.9 Å². The highest BCUT2D eigenvalue weighted by molar-refractivity contribution is 9.10. The SMILES string of the molecule is Cc1ccc(S(=O)(=O)N2N=C(c3ccc(Br)cc3)CC2c2ccc(F)cc2)cc1. The Morgan fingerprint density at radius 2 is 1.59 bits per heavy atom. The van der Waals surface area contributed by atoms with Crippen molar-refractivity contribution in [3.63, 3.8) is 0 Å². The summed E-state index contributed by atoms with van der Waals surface area (Å²) in [5.41, 5.74) is 3.18. The fraction of sp³-hybridized carbons (Fsp3) is 0.136. The van der Waals surface area contributed by atoms with Gasteiger partial charge in [-0.15, -0.1) is 0 Å². The van der Waals surface area contributed by atoms with Gasteiger partial charge in [0.2, 0.25) is 0 Å². The highest BCUT2D eigenvalue weighted by atomic mass is 79.9. The molecule has 1 heterocycles. The van der Waals surface area contributed by atoms with Crippen LogP contribution in [0.3, 0.4) is 0 Å². The maximum absolute atomic E-state index is 13.4. The molecule has 1 aliphatic rings. The summed E-state index contributed by atoms with van der Waals surface area (Å²) in [6.07, 6.45) is 0.401. The van der Waals surface area contributed by atoms with Crippen molar-refractivity contribution in [2.24, 2.45) is 5.10 Å². The van der Waals surface area contributed by atoms with Crippen molar-refractivity contribution in [3.8, 4) is 0 Å². The number of hydrogen-bond donors (Lipinski definition) is 0. The summed E-state index contributed by atoms with van der Waals surface area (Å²) >= 11 is 3.41. The lowest BCUT2D eigenvalue weighted by Gasteiger charge is -2.23. The van der Waals surface area contributed by atoms with Crippen LogP contribution in [0.15, 0.2) is 87.3 Å². The first kappa shape index (κ1) is 19.8. The van der Waals surface area contributed by atoms with Gasteiger partial charge in [0, 0.05) is 10.9 Å². The number of halogens is 2. The normalized spacial score (nSPS) is 16.7. The standard InChI is InChI=1S/C22H18BrFN2O2S/c1-15-2-12-20(13-3-15)29(27,28)26-22(17-6-10-19(24)11-7-17)14-21(25-26)16-4-8-18(23)9-5-16/h2-13,22H,14H2,1H3. The molecule has 4 nitrogen and oxygen atoms in total. The highest BCUT2D eigenvalue weighted by Crippen LogP contribution is 2.37. The third-order valence-electron chi connectivity index (χ3n) is 4.87. The molecule has 1 aliphatic heterocycles. The molecule has 7 heteroatoms. The lowest BCUT2D eigenvalue weighted by Crippen LogP contribution is -2.27. The zero-order valence-electron chi connectivity index (χ0n) is 15.6. The number of hydrogen-bond acceptors (Lipinski definition) is 3. The number of aryl methyl sites for hydroxylation is 1. The van der Waals surface area contributed by atoms with E-state index in [1.807, 2.05) is 31.2 Å². The van der Waals surface area contributed by atoms with E-state index in [0.29, 0.717) is 17.7 Å². The van der Waals surface area contributed by atoms with Crippen LogP contribution in [0.25, 0.3) is 0 Å². The molecule has 0 fully saturated rings. The predicted octanol–water partition coefficient (Wildman–Crippen LogP) is 5.44. The lowest BCUT2D eigenvalue weighted by molar-refractivity contribution is 0.371. The number of benzene rings is 3. The Hall–Kier alpha value is -2.51. The first-order valence-corrected chi connectivity index (χ1v) is 11.3. The van der Waals surface area contributed by atoms with Crippen molar-refractivity contribution < 1.29 is 12.8 Å². The second-order valence-corrected chi connectivity index (χ2v) is 9.63. The summed E-state index contributed by atoms with van der Waals surface area (Å²) < 4.78 is 42.2. The number of nitrogens with zero attached hydrogens (tertiary/aromatic N) is 2. The van der Waals surface area contributed by atoms with Gasteiger partial charge in [0.1, 0.15) is 5.82 Å². The number of rotatable bonds is 4. The average Bonchev–Trinajstić information content (AvgIpc) is 3.16. The molecular weight excluding hydrogens is 455 g/mol. The van der Waals surface area contributed by atoms with E-state index in [2.05, 4.69) is 21.0 Å². The molecule has 1 unspecified atom stereocenters. The maximum atomic E-state index is 13.4. The van der Waals surface area contributed by atoms with Crippen molar-refractivity contribution in [1.29, 1.82) is 0 Å². The van der Waals surface area contributed by atoms with Crippen LogP contribution in [-0.4, -0.2) is 18.5 Å². The molecule has 0 saturated heterocycles. The van der Waals surface area contributed by atoms with Gasteiger partial charge >= 0.3 is 0 Å². The van der Waals surface area contributed by atoms with Crippen LogP contribution < -0.4 is 0 Å². The molecule has 3 aromatic carbocycles. The second-order valence-electron chi connectivity index (χ2n) is 6.92. The average molecular weight is 473 g/mol. The van der Waals surface area contributed by atoms with Crippen molar-refractivity contribution in [3.05, 3.63) is 99.8 Å². The Morgan fingerprint density at radius 1 is 0.966 bits per heavy atom. The van der Waals surface area contributed by atoms with Crippen LogP contribution >= 0.6 is 15.9 Å². The first-order valence-electron chi connectivity index (χ1n) is 9.04. The Morgan fingerprint density at radius 3 is 2.21 bits per heavy atom. The summed E-state index contributed by atoms with van der Waals surface area (Å²) in [4.78, 5) is 0.177. The molecule has 0 aliphatic carbocycles. The van der Waals surface area contributed by atoms with Gasteiger partial charge in [-0.25, -0.2) is 4.39 Å². The molecule has 0 bridgehead atoms. The lowest BCUT2D eigenvalue weighted by atomic mass is 9.99. The minimum Gasteiger partial charge on any atom is -0.207 e. The van der Waals surface area contributed by atoms with E-state index in [0.717, 1.165) is 20.0 Å². The minimum absolute atomic E-state index is 0.177. The predicted molar refractivity (Wildman–Crippen MR) is 115 cm³/mol. The molecule has 0 amide bonds. The van der Waals surface area contributed by atoms with E-state index in [1.54, 1.807) is 36.4 Å². The van der Waals surface area contributed by atoms with E-state index in [1.165, 1.54) is 12.1 Å². The van der Waals surface area contributed by atoms with E-state index >= 15 is 0 Å². The highest BCUT2D eigenvalue weighted by Gasteiger charge is 2.37. The zero-order valence-corrected chi connectivity index (χ0v) is 18.0. The molecule has 0 N–H and O–H groups in total. The van der Waals surface area contributed by atoms with Crippen molar-refractivity contribution >= 4 is 31.7 Å². The Balaban J connectivity index is 1.79. The van der Waals surface area contributed by atoms with E-state index in [9.17, 15) is 12.8 Å². The largest absolute Gasteiger partial charge is 0.279 e. The minimum atomic E-state index is -3.87. The summed E-state index contributed by atoms with van der Waals surface area (Å²) in [6, 6.07) is 19.6. The molecule has 1 atom stereocenters. The monoisotopic (exact) mass is 472 g/mol. The molecule has 0 saturated carbocycles. The Bertz CT molecular complexity index is 1160. The van der Waals surface area contributed by atoms with Crippen LogP contribution in [0.1, 0.15) is 29.2 Å². The zero-order chi connectivity index (χ0) is 20.6. The molecule has 0 spiro atoms. The number of sulfonamides is 1. The van der Waals surface area contributed by atoms with Crippen LogP contribution in [0.2, 0.25) is 0 Å². The molecule has 3 aromatic rings. The number of hydrazone groups is 1. The van der Waals surface area contributed by atoms with Gasteiger partial charge in [-0.05, 0) is 54.4 Å². The smallest absolute Gasteiger partial charge is 0.207 e. The first-order chi connectivity index (χ1) is 13.8.